The molecule has 0 aliphatic rings. The Hall–Kier alpha value is -1.81. The fourth-order valence-electron chi connectivity index (χ4n) is 1.97. The van der Waals surface area contributed by atoms with Crippen molar-refractivity contribution >= 4 is 0 Å². The Balaban J connectivity index is 2.36. The van der Waals surface area contributed by atoms with Gasteiger partial charge in [-0.05, 0) is 44.7 Å². The second-order valence-electron chi connectivity index (χ2n) is 4.48. The highest BCUT2D eigenvalue weighted by atomic mass is 19.1. The summed E-state index contributed by atoms with van der Waals surface area (Å²) in [5.74, 6) is 0.399. The third-order valence-electron chi connectivity index (χ3n) is 3.07. The number of aryl methyl sites for hydroxylation is 2. The summed E-state index contributed by atoms with van der Waals surface area (Å²) in [6, 6.07) is 6.26. The molecule has 0 aliphatic heterocycles. The minimum absolute atomic E-state index is 0.249. The van der Waals surface area contributed by atoms with Crippen molar-refractivity contribution in [1.82, 2.24) is 15.3 Å². The van der Waals surface area contributed by atoms with E-state index in [0.717, 1.165) is 35.6 Å². The molecular formula is C15H18FN3. The van der Waals surface area contributed by atoms with Crippen LogP contribution in [0.3, 0.4) is 0 Å². The highest BCUT2D eigenvalue weighted by molar-refractivity contribution is 5.55. The normalized spacial score (nSPS) is 10.7. The maximum Gasteiger partial charge on any atom is 0.159 e. The number of benzene rings is 1. The maximum absolute atomic E-state index is 12.9. The van der Waals surface area contributed by atoms with E-state index in [1.165, 1.54) is 12.1 Å². The van der Waals surface area contributed by atoms with Crippen LogP contribution < -0.4 is 5.32 Å². The first-order chi connectivity index (χ1) is 9.11. The van der Waals surface area contributed by atoms with Crippen LogP contribution in [0.1, 0.15) is 23.9 Å². The third-order valence-corrected chi connectivity index (χ3v) is 3.07. The summed E-state index contributed by atoms with van der Waals surface area (Å²) >= 11 is 0. The van der Waals surface area contributed by atoms with E-state index in [-0.39, 0.29) is 5.82 Å². The van der Waals surface area contributed by atoms with Gasteiger partial charge in [0, 0.05) is 29.1 Å². The van der Waals surface area contributed by atoms with Crippen LogP contribution in [-0.4, -0.2) is 16.5 Å². The van der Waals surface area contributed by atoms with Gasteiger partial charge >= 0.3 is 0 Å². The summed E-state index contributed by atoms with van der Waals surface area (Å²) in [6.45, 7) is 7.72. The van der Waals surface area contributed by atoms with E-state index in [9.17, 15) is 4.39 Å². The quantitative estimate of drug-likeness (QED) is 0.917. The van der Waals surface area contributed by atoms with Gasteiger partial charge in [0.05, 0.1) is 0 Å². The van der Waals surface area contributed by atoms with E-state index >= 15 is 0 Å². The Morgan fingerprint density at radius 2 is 1.63 bits per heavy atom. The van der Waals surface area contributed by atoms with Gasteiger partial charge in [-0.15, -0.1) is 0 Å². The van der Waals surface area contributed by atoms with E-state index in [0.29, 0.717) is 5.82 Å². The molecule has 1 aromatic carbocycles. The maximum atomic E-state index is 12.9. The zero-order chi connectivity index (χ0) is 13.8. The van der Waals surface area contributed by atoms with Gasteiger partial charge in [0.15, 0.2) is 5.82 Å². The molecule has 3 nitrogen and oxygen atoms in total. The molecule has 0 radical (unpaired) electrons. The second-order valence-corrected chi connectivity index (χ2v) is 4.48. The molecule has 2 aromatic rings. The second kappa shape index (κ2) is 5.89. The van der Waals surface area contributed by atoms with E-state index in [1.807, 2.05) is 13.8 Å². The van der Waals surface area contributed by atoms with Gasteiger partial charge in [0.2, 0.25) is 0 Å². The van der Waals surface area contributed by atoms with E-state index < -0.39 is 0 Å². The minimum Gasteiger partial charge on any atom is -0.313 e. The van der Waals surface area contributed by atoms with Gasteiger partial charge in [-0.2, -0.15) is 0 Å². The van der Waals surface area contributed by atoms with Crippen molar-refractivity contribution in [2.75, 3.05) is 6.54 Å². The lowest BCUT2D eigenvalue weighted by Gasteiger charge is -2.11. The lowest BCUT2D eigenvalue weighted by atomic mass is 10.1. The molecule has 0 aliphatic carbocycles. The van der Waals surface area contributed by atoms with Crippen LogP contribution >= 0.6 is 0 Å². The van der Waals surface area contributed by atoms with Crippen LogP contribution in [0.4, 0.5) is 4.39 Å². The van der Waals surface area contributed by atoms with Crippen molar-refractivity contribution in [3.8, 4) is 11.4 Å². The number of nitrogens with zero attached hydrogens (tertiary/aromatic N) is 2. The summed E-state index contributed by atoms with van der Waals surface area (Å²) in [5.41, 5.74) is 3.90. The predicted octanol–water partition coefficient (Wildman–Crippen LogP) is 3.01. The Bertz CT molecular complexity index is 541. The average molecular weight is 259 g/mol. The van der Waals surface area contributed by atoms with Gasteiger partial charge in [-0.3, -0.25) is 0 Å². The summed E-state index contributed by atoms with van der Waals surface area (Å²) < 4.78 is 12.9. The highest BCUT2D eigenvalue weighted by Crippen LogP contribution is 2.19. The minimum atomic E-state index is -0.249. The number of hydrogen-bond donors (Lipinski definition) is 1. The van der Waals surface area contributed by atoms with Gasteiger partial charge in [-0.25, -0.2) is 14.4 Å². The molecule has 0 saturated heterocycles. The first-order valence-corrected chi connectivity index (χ1v) is 6.42. The Morgan fingerprint density at radius 1 is 1.05 bits per heavy atom. The predicted molar refractivity (Wildman–Crippen MR) is 74.3 cm³/mol. The first-order valence-electron chi connectivity index (χ1n) is 6.42. The number of aromatic nitrogens is 2. The van der Waals surface area contributed by atoms with E-state index in [2.05, 4.69) is 22.2 Å². The molecule has 100 valence electrons. The third kappa shape index (κ3) is 3.15. The molecule has 1 heterocycles. The number of hydrogen-bond acceptors (Lipinski definition) is 3. The van der Waals surface area contributed by atoms with Crippen LogP contribution in [0.5, 0.6) is 0 Å². The standard InChI is InChI=1S/C15H18FN3/c1-4-17-9-14-10(2)18-15(19-11(14)3)12-5-7-13(16)8-6-12/h5-8,17H,4,9H2,1-3H3. The number of halogens is 1. The zero-order valence-electron chi connectivity index (χ0n) is 11.5. The van der Waals surface area contributed by atoms with E-state index in [4.69, 9.17) is 0 Å². The van der Waals surface area contributed by atoms with Crippen molar-refractivity contribution in [1.29, 1.82) is 0 Å². The van der Waals surface area contributed by atoms with Crippen molar-refractivity contribution in [3.63, 3.8) is 0 Å². The fraction of sp³-hybridized carbons (Fsp3) is 0.333. The monoisotopic (exact) mass is 259 g/mol. The van der Waals surface area contributed by atoms with Gasteiger partial charge in [0.1, 0.15) is 5.82 Å². The zero-order valence-corrected chi connectivity index (χ0v) is 11.5. The van der Waals surface area contributed by atoms with Crippen molar-refractivity contribution < 1.29 is 4.39 Å². The molecule has 4 heteroatoms. The smallest absolute Gasteiger partial charge is 0.159 e. The first kappa shape index (κ1) is 13.6. The van der Waals surface area contributed by atoms with Crippen molar-refractivity contribution in [2.45, 2.75) is 27.3 Å². The Kier molecular flexibility index (Phi) is 4.22. The van der Waals surface area contributed by atoms with Crippen LogP contribution in [-0.2, 0) is 6.54 Å². The molecule has 0 amide bonds. The Labute approximate surface area is 112 Å². The summed E-state index contributed by atoms with van der Waals surface area (Å²) in [4.78, 5) is 9.03. The average Bonchev–Trinajstić information content (AvgIpc) is 2.38. The lowest BCUT2D eigenvalue weighted by Crippen LogP contribution is -2.15. The summed E-state index contributed by atoms with van der Waals surface area (Å²) in [5, 5.41) is 3.28. The van der Waals surface area contributed by atoms with Crippen LogP contribution in [0.15, 0.2) is 24.3 Å². The van der Waals surface area contributed by atoms with E-state index in [1.54, 1.807) is 12.1 Å². The SMILES string of the molecule is CCNCc1c(C)nc(-c2ccc(F)cc2)nc1C. The number of nitrogens with one attached hydrogen (secondary N) is 1. The molecule has 0 atom stereocenters. The van der Waals surface area contributed by atoms with Gasteiger partial charge in [0.25, 0.3) is 0 Å². The summed E-state index contributed by atoms with van der Waals surface area (Å²) in [7, 11) is 0. The molecule has 2 rings (SSSR count). The molecule has 1 N–H and O–H groups in total. The molecule has 0 bridgehead atoms. The molecule has 0 saturated carbocycles. The number of rotatable bonds is 4. The largest absolute Gasteiger partial charge is 0.313 e. The molecule has 19 heavy (non-hydrogen) atoms. The fourth-order valence-corrected chi connectivity index (χ4v) is 1.97. The van der Waals surface area contributed by atoms with Crippen LogP contribution in [0.2, 0.25) is 0 Å². The molecule has 0 fully saturated rings. The van der Waals surface area contributed by atoms with Gasteiger partial charge < -0.3 is 5.32 Å². The molecule has 0 unspecified atom stereocenters. The molecular weight excluding hydrogens is 241 g/mol. The summed E-state index contributed by atoms with van der Waals surface area (Å²) in [6.07, 6.45) is 0. The lowest BCUT2D eigenvalue weighted by molar-refractivity contribution is 0.628. The molecule has 0 spiro atoms. The Morgan fingerprint density at radius 3 is 2.16 bits per heavy atom. The van der Waals surface area contributed by atoms with Crippen molar-refractivity contribution in [2.24, 2.45) is 0 Å². The van der Waals surface area contributed by atoms with Crippen molar-refractivity contribution in [3.05, 3.63) is 47.0 Å². The molecule has 1 aromatic heterocycles. The van der Waals surface area contributed by atoms with Gasteiger partial charge in [-0.1, -0.05) is 6.92 Å². The highest BCUT2D eigenvalue weighted by Gasteiger charge is 2.09. The topological polar surface area (TPSA) is 37.8 Å². The van der Waals surface area contributed by atoms with Crippen LogP contribution in [0.25, 0.3) is 11.4 Å². The van der Waals surface area contributed by atoms with Crippen LogP contribution in [0, 0.1) is 19.7 Å².